The number of H-pyrrole nitrogens is 1. The van der Waals surface area contributed by atoms with Crippen molar-refractivity contribution in [2.45, 2.75) is 20.3 Å². The number of aromatic amines is 1. The Hall–Kier alpha value is -3.76. The molecule has 0 saturated carbocycles. The lowest BCUT2D eigenvalue weighted by atomic mass is 9.96. The molecule has 1 N–H and O–H groups in total. The fraction of sp³-hybridized carbons (Fsp3) is 0.167. The van der Waals surface area contributed by atoms with E-state index in [0.29, 0.717) is 17.4 Å². The van der Waals surface area contributed by atoms with Crippen LogP contribution in [-0.4, -0.2) is 20.0 Å². The normalized spacial score (nSPS) is 11.3. The number of aromatic nitrogens is 4. The van der Waals surface area contributed by atoms with Crippen LogP contribution in [0.15, 0.2) is 47.4 Å². The first-order chi connectivity index (χ1) is 15.0. The van der Waals surface area contributed by atoms with E-state index in [0.717, 1.165) is 48.4 Å². The zero-order valence-corrected chi connectivity index (χ0v) is 18.2. The van der Waals surface area contributed by atoms with E-state index in [9.17, 15) is 10.1 Å². The van der Waals surface area contributed by atoms with Crippen molar-refractivity contribution < 1.29 is 0 Å². The summed E-state index contributed by atoms with van der Waals surface area (Å²) in [6, 6.07) is 14.4. The van der Waals surface area contributed by atoms with Crippen molar-refractivity contribution >= 4 is 32.2 Å². The Balaban J connectivity index is 1.82. The van der Waals surface area contributed by atoms with Gasteiger partial charge < -0.3 is 0 Å². The number of nitrogens with one attached hydrogen (secondary N) is 1. The van der Waals surface area contributed by atoms with Crippen LogP contribution in [0.25, 0.3) is 42.6 Å². The molecule has 152 valence electrons. The number of hydrogen-bond donors (Lipinski definition) is 1. The highest BCUT2D eigenvalue weighted by Gasteiger charge is 2.22. The smallest absolute Gasteiger partial charge is 0.267 e. The van der Waals surface area contributed by atoms with E-state index >= 15 is 0 Å². The van der Waals surface area contributed by atoms with Crippen molar-refractivity contribution in [1.82, 2.24) is 20.0 Å². The molecule has 0 aliphatic rings. The van der Waals surface area contributed by atoms with Crippen LogP contribution in [0.1, 0.15) is 23.7 Å². The predicted molar refractivity (Wildman–Crippen MR) is 124 cm³/mol. The molecule has 3 heterocycles. The molecule has 6 nitrogen and oxygen atoms in total. The minimum atomic E-state index is -0.182. The quantitative estimate of drug-likeness (QED) is 0.443. The maximum absolute atomic E-state index is 12.4. The van der Waals surface area contributed by atoms with Gasteiger partial charge >= 0.3 is 0 Å². The Kier molecular flexibility index (Phi) is 4.45. The molecule has 2 aromatic carbocycles. The molecule has 5 aromatic rings. The number of rotatable bonds is 3. The van der Waals surface area contributed by atoms with Crippen molar-refractivity contribution in [1.29, 1.82) is 5.26 Å². The molecule has 0 radical (unpaired) electrons. The molecule has 0 spiro atoms. The highest BCUT2D eigenvalue weighted by Crippen LogP contribution is 2.42. The summed E-state index contributed by atoms with van der Waals surface area (Å²) in [5, 5.41) is 23.8. The van der Waals surface area contributed by atoms with E-state index in [1.165, 1.54) is 0 Å². The van der Waals surface area contributed by atoms with E-state index in [1.54, 1.807) is 11.3 Å². The lowest BCUT2D eigenvalue weighted by molar-refractivity contribution is 0.777. The standard InChI is InChI=1S/C24H19N5OS/c1-4-19-16-10-14(9-13(2)21(16)24(30)28-27-19)18-12-26-29(3)22(18)23-17(11-25)15-7-5-6-8-20(15)31-23/h5-10,12H,4H2,1-3H3,(H,28,30). The van der Waals surface area contributed by atoms with Gasteiger partial charge in [-0.3, -0.25) is 9.48 Å². The van der Waals surface area contributed by atoms with Crippen molar-refractivity contribution in [3.63, 3.8) is 0 Å². The molecule has 0 atom stereocenters. The third kappa shape index (κ3) is 2.87. The topological polar surface area (TPSA) is 87.4 Å². The molecule has 3 aromatic heterocycles. The lowest BCUT2D eigenvalue weighted by Gasteiger charge is -2.10. The molecule has 5 rings (SSSR count). The van der Waals surface area contributed by atoms with Gasteiger partial charge in [-0.25, -0.2) is 5.10 Å². The van der Waals surface area contributed by atoms with Crippen molar-refractivity contribution in [2.24, 2.45) is 7.05 Å². The number of fused-ring (bicyclic) bond motifs is 2. The highest BCUT2D eigenvalue weighted by atomic mass is 32.1. The van der Waals surface area contributed by atoms with Crippen LogP contribution in [-0.2, 0) is 13.5 Å². The number of nitriles is 1. The first-order valence-electron chi connectivity index (χ1n) is 9.99. The zero-order valence-electron chi connectivity index (χ0n) is 17.4. The van der Waals surface area contributed by atoms with E-state index in [4.69, 9.17) is 0 Å². The maximum Gasteiger partial charge on any atom is 0.272 e. The predicted octanol–water partition coefficient (Wildman–Crippen LogP) is 4.95. The third-order valence-corrected chi connectivity index (χ3v) is 6.85. The average molecular weight is 426 g/mol. The van der Waals surface area contributed by atoms with Gasteiger partial charge in [0.1, 0.15) is 6.07 Å². The van der Waals surface area contributed by atoms with Gasteiger partial charge in [-0.05, 0) is 36.6 Å². The molecule has 0 aliphatic carbocycles. The molecule has 31 heavy (non-hydrogen) atoms. The van der Waals surface area contributed by atoms with Crippen molar-refractivity contribution in [2.75, 3.05) is 0 Å². The van der Waals surface area contributed by atoms with Crippen LogP contribution in [0, 0.1) is 18.3 Å². The van der Waals surface area contributed by atoms with Crippen molar-refractivity contribution in [3.05, 3.63) is 69.8 Å². The Morgan fingerprint density at radius 3 is 2.81 bits per heavy atom. The minimum absolute atomic E-state index is 0.182. The summed E-state index contributed by atoms with van der Waals surface area (Å²) in [6.45, 7) is 3.96. The molecule has 0 fully saturated rings. The molecule has 0 saturated heterocycles. The highest BCUT2D eigenvalue weighted by molar-refractivity contribution is 7.22. The van der Waals surface area contributed by atoms with Crippen LogP contribution in [0.4, 0.5) is 0 Å². The monoisotopic (exact) mass is 425 g/mol. The second-order valence-electron chi connectivity index (χ2n) is 7.51. The number of hydrogen-bond acceptors (Lipinski definition) is 5. The first kappa shape index (κ1) is 19.2. The van der Waals surface area contributed by atoms with Gasteiger partial charge in [0.05, 0.1) is 33.4 Å². The van der Waals surface area contributed by atoms with E-state index < -0.39 is 0 Å². The van der Waals surface area contributed by atoms with Gasteiger partial charge in [-0.2, -0.15) is 15.5 Å². The van der Waals surface area contributed by atoms with Gasteiger partial charge in [0.15, 0.2) is 0 Å². The molecule has 7 heteroatoms. The zero-order chi connectivity index (χ0) is 21.7. The van der Waals surface area contributed by atoms with Crippen LogP contribution in [0.5, 0.6) is 0 Å². The van der Waals surface area contributed by atoms with Gasteiger partial charge in [-0.15, -0.1) is 11.3 Å². The Morgan fingerprint density at radius 2 is 2.03 bits per heavy atom. The molecular weight excluding hydrogens is 406 g/mol. The van der Waals surface area contributed by atoms with Crippen LogP contribution in [0.3, 0.4) is 0 Å². The first-order valence-corrected chi connectivity index (χ1v) is 10.8. The van der Waals surface area contributed by atoms with E-state index in [1.807, 2.05) is 68.2 Å². The van der Waals surface area contributed by atoms with Crippen LogP contribution in [0.2, 0.25) is 0 Å². The van der Waals surface area contributed by atoms with Crippen LogP contribution >= 0.6 is 11.3 Å². The lowest BCUT2D eigenvalue weighted by Crippen LogP contribution is -2.12. The summed E-state index contributed by atoms with van der Waals surface area (Å²) < 4.78 is 2.89. The number of aryl methyl sites for hydroxylation is 3. The van der Waals surface area contributed by atoms with E-state index in [2.05, 4.69) is 21.4 Å². The third-order valence-electron chi connectivity index (χ3n) is 5.67. The molecule has 0 unspecified atom stereocenters. The Morgan fingerprint density at radius 1 is 1.23 bits per heavy atom. The summed E-state index contributed by atoms with van der Waals surface area (Å²) in [5.74, 6) is 0. The Labute approximate surface area is 182 Å². The molecule has 0 bridgehead atoms. The van der Waals surface area contributed by atoms with Gasteiger partial charge in [0.25, 0.3) is 5.56 Å². The number of nitrogens with zero attached hydrogens (tertiary/aromatic N) is 4. The second-order valence-corrected chi connectivity index (χ2v) is 8.57. The summed E-state index contributed by atoms with van der Waals surface area (Å²) in [4.78, 5) is 13.3. The maximum atomic E-state index is 12.4. The molecule has 0 amide bonds. The van der Waals surface area contributed by atoms with Gasteiger partial charge in [0.2, 0.25) is 0 Å². The SMILES string of the molecule is CCc1n[nH]c(=O)c2c(C)cc(-c3cnn(C)c3-c3sc4ccccc4c3C#N)cc12. The summed E-state index contributed by atoms with van der Waals surface area (Å²) >= 11 is 1.60. The number of benzene rings is 2. The summed E-state index contributed by atoms with van der Waals surface area (Å²) in [7, 11) is 1.89. The molecule has 0 aliphatic heterocycles. The Bertz CT molecular complexity index is 1580. The summed E-state index contributed by atoms with van der Waals surface area (Å²) in [6.07, 6.45) is 2.54. The fourth-order valence-corrected chi connectivity index (χ4v) is 5.46. The largest absolute Gasteiger partial charge is 0.272 e. The number of thiophene rings is 1. The van der Waals surface area contributed by atoms with Gasteiger partial charge in [0, 0.05) is 28.1 Å². The van der Waals surface area contributed by atoms with Crippen molar-refractivity contribution in [3.8, 4) is 27.8 Å². The van der Waals surface area contributed by atoms with Crippen LogP contribution < -0.4 is 5.56 Å². The fourth-order valence-electron chi connectivity index (χ4n) is 4.22. The minimum Gasteiger partial charge on any atom is -0.267 e. The molecular formula is C24H19N5OS. The second kappa shape index (κ2) is 7.18. The summed E-state index contributed by atoms with van der Waals surface area (Å²) in [5.41, 5.74) is 5.00. The van der Waals surface area contributed by atoms with E-state index in [-0.39, 0.29) is 5.56 Å². The average Bonchev–Trinajstić information content (AvgIpc) is 3.33. The van der Waals surface area contributed by atoms with Gasteiger partial charge in [-0.1, -0.05) is 31.2 Å².